The van der Waals surface area contributed by atoms with Gasteiger partial charge in [0.05, 0.1) is 12.2 Å². The Kier molecular flexibility index (Phi) is 6.26. The lowest BCUT2D eigenvalue weighted by molar-refractivity contribution is 0.0428. The van der Waals surface area contributed by atoms with Crippen LogP contribution < -0.4 is 5.73 Å². The van der Waals surface area contributed by atoms with Gasteiger partial charge in [-0.15, -0.1) is 0 Å². The summed E-state index contributed by atoms with van der Waals surface area (Å²) in [4.78, 5) is 11.8. The van der Waals surface area contributed by atoms with Crippen molar-refractivity contribution in [3.63, 3.8) is 0 Å². The van der Waals surface area contributed by atoms with Gasteiger partial charge in [0.1, 0.15) is 0 Å². The smallest absolute Gasteiger partial charge is 0.338 e. The minimum Gasteiger partial charge on any atom is -0.462 e. The molecule has 3 nitrogen and oxygen atoms in total. The molecular weight excluding hydrogens is 226 g/mol. The molecule has 0 amide bonds. The molecule has 100 valence electrons. The van der Waals surface area contributed by atoms with Crippen molar-refractivity contribution < 1.29 is 9.53 Å². The van der Waals surface area contributed by atoms with Crippen molar-refractivity contribution in [2.75, 3.05) is 12.3 Å². The molecule has 0 aliphatic carbocycles. The zero-order valence-electron chi connectivity index (χ0n) is 11.3. The molecule has 0 aliphatic rings. The van der Waals surface area contributed by atoms with Crippen LogP contribution in [0.15, 0.2) is 24.3 Å². The number of nitrogen functional groups attached to an aromatic ring is 1. The Bertz CT molecular complexity index is 359. The van der Waals surface area contributed by atoms with E-state index in [0.717, 1.165) is 12.8 Å². The maximum Gasteiger partial charge on any atom is 0.338 e. The third kappa shape index (κ3) is 4.78. The lowest BCUT2D eigenvalue weighted by atomic mass is 10.0. The second kappa shape index (κ2) is 7.75. The van der Waals surface area contributed by atoms with Gasteiger partial charge in [0.15, 0.2) is 0 Å². The van der Waals surface area contributed by atoms with E-state index in [2.05, 4.69) is 13.8 Å². The lowest BCUT2D eigenvalue weighted by Gasteiger charge is -2.14. The van der Waals surface area contributed by atoms with Crippen molar-refractivity contribution in [3.05, 3.63) is 29.8 Å². The molecule has 2 N–H and O–H groups in total. The average molecular weight is 249 g/mol. The summed E-state index contributed by atoms with van der Waals surface area (Å²) in [6.07, 6.45) is 4.55. The molecule has 0 radical (unpaired) electrons. The van der Waals surface area contributed by atoms with Crippen LogP contribution in [0.25, 0.3) is 0 Å². The third-order valence-corrected chi connectivity index (χ3v) is 3.14. The topological polar surface area (TPSA) is 52.3 Å². The number of benzene rings is 1. The quantitative estimate of drug-likeness (QED) is 0.593. The van der Waals surface area contributed by atoms with Gasteiger partial charge in [0.2, 0.25) is 0 Å². The molecule has 0 saturated heterocycles. The molecule has 1 aromatic carbocycles. The number of carbonyl (C=O) groups is 1. The van der Waals surface area contributed by atoms with E-state index in [1.165, 1.54) is 12.8 Å². The molecule has 3 heteroatoms. The van der Waals surface area contributed by atoms with Crippen LogP contribution in [0.5, 0.6) is 0 Å². The SMILES string of the molecule is CCCCC(CC)COC(=O)c1ccc(N)cc1. The Labute approximate surface area is 109 Å². The molecule has 1 atom stereocenters. The van der Waals surface area contributed by atoms with Gasteiger partial charge in [-0.1, -0.05) is 33.1 Å². The molecule has 1 rings (SSSR count). The summed E-state index contributed by atoms with van der Waals surface area (Å²) in [5.41, 5.74) is 6.79. The number of ether oxygens (including phenoxy) is 1. The van der Waals surface area contributed by atoms with Gasteiger partial charge in [0, 0.05) is 5.69 Å². The summed E-state index contributed by atoms with van der Waals surface area (Å²) >= 11 is 0. The number of anilines is 1. The molecule has 0 aliphatic heterocycles. The summed E-state index contributed by atoms with van der Waals surface area (Å²) in [6.45, 7) is 4.82. The van der Waals surface area contributed by atoms with E-state index < -0.39 is 0 Å². The fraction of sp³-hybridized carbons (Fsp3) is 0.533. The number of esters is 1. The summed E-state index contributed by atoms with van der Waals surface area (Å²) in [5, 5.41) is 0. The summed E-state index contributed by atoms with van der Waals surface area (Å²) in [7, 11) is 0. The fourth-order valence-corrected chi connectivity index (χ4v) is 1.79. The highest BCUT2D eigenvalue weighted by atomic mass is 16.5. The van der Waals surface area contributed by atoms with Crippen LogP contribution >= 0.6 is 0 Å². The molecular formula is C15H23NO2. The molecule has 18 heavy (non-hydrogen) atoms. The molecule has 1 unspecified atom stereocenters. The molecule has 0 spiro atoms. The van der Waals surface area contributed by atoms with Crippen LogP contribution in [-0.4, -0.2) is 12.6 Å². The van der Waals surface area contributed by atoms with Crippen molar-refractivity contribution in [3.8, 4) is 0 Å². The Balaban J connectivity index is 2.42. The average Bonchev–Trinajstić information content (AvgIpc) is 2.39. The fourth-order valence-electron chi connectivity index (χ4n) is 1.79. The second-order valence-electron chi connectivity index (χ2n) is 4.64. The Morgan fingerprint density at radius 2 is 1.94 bits per heavy atom. The summed E-state index contributed by atoms with van der Waals surface area (Å²) in [5.74, 6) is 0.215. The highest BCUT2D eigenvalue weighted by Crippen LogP contribution is 2.14. The molecule has 0 heterocycles. The van der Waals surface area contributed by atoms with Gasteiger partial charge in [-0.3, -0.25) is 0 Å². The second-order valence-corrected chi connectivity index (χ2v) is 4.64. The van der Waals surface area contributed by atoms with Crippen LogP contribution in [0, 0.1) is 5.92 Å². The monoisotopic (exact) mass is 249 g/mol. The first-order valence-corrected chi connectivity index (χ1v) is 6.70. The maximum atomic E-state index is 11.8. The highest BCUT2D eigenvalue weighted by molar-refractivity contribution is 5.89. The highest BCUT2D eigenvalue weighted by Gasteiger charge is 2.11. The van der Waals surface area contributed by atoms with Gasteiger partial charge in [-0.2, -0.15) is 0 Å². The van der Waals surface area contributed by atoms with E-state index in [-0.39, 0.29) is 5.97 Å². The van der Waals surface area contributed by atoms with E-state index in [1.807, 2.05) is 0 Å². The Morgan fingerprint density at radius 1 is 1.28 bits per heavy atom. The molecule has 0 aromatic heterocycles. The van der Waals surface area contributed by atoms with Crippen LogP contribution in [0.1, 0.15) is 49.9 Å². The van der Waals surface area contributed by atoms with E-state index >= 15 is 0 Å². The Morgan fingerprint density at radius 3 is 2.50 bits per heavy atom. The summed E-state index contributed by atoms with van der Waals surface area (Å²) < 4.78 is 5.34. The lowest BCUT2D eigenvalue weighted by Crippen LogP contribution is -2.14. The minimum atomic E-state index is -0.259. The van der Waals surface area contributed by atoms with E-state index in [4.69, 9.17) is 10.5 Å². The minimum absolute atomic E-state index is 0.259. The zero-order valence-corrected chi connectivity index (χ0v) is 11.3. The first-order chi connectivity index (χ1) is 8.67. The zero-order chi connectivity index (χ0) is 13.4. The van der Waals surface area contributed by atoms with Gasteiger partial charge >= 0.3 is 5.97 Å². The van der Waals surface area contributed by atoms with Crippen molar-refractivity contribution in [1.82, 2.24) is 0 Å². The third-order valence-electron chi connectivity index (χ3n) is 3.14. The van der Waals surface area contributed by atoms with E-state index in [1.54, 1.807) is 24.3 Å². The van der Waals surface area contributed by atoms with Crippen LogP contribution in [0.3, 0.4) is 0 Å². The van der Waals surface area contributed by atoms with Crippen molar-refractivity contribution in [2.45, 2.75) is 39.5 Å². The van der Waals surface area contributed by atoms with E-state index in [9.17, 15) is 4.79 Å². The van der Waals surface area contributed by atoms with Crippen molar-refractivity contribution in [1.29, 1.82) is 0 Å². The predicted molar refractivity (Wildman–Crippen MR) is 74.4 cm³/mol. The van der Waals surface area contributed by atoms with Crippen molar-refractivity contribution in [2.24, 2.45) is 5.92 Å². The number of nitrogens with two attached hydrogens (primary N) is 1. The molecule has 0 saturated carbocycles. The summed E-state index contributed by atoms with van der Waals surface area (Å²) in [6, 6.07) is 6.82. The normalized spacial score (nSPS) is 12.1. The van der Waals surface area contributed by atoms with Crippen LogP contribution in [-0.2, 0) is 4.74 Å². The number of carbonyl (C=O) groups excluding carboxylic acids is 1. The number of hydrogen-bond acceptors (Lipinski definition) is 3. The van der Waals surface area contributed by atoms with Crippen LogP contribution in [0.4, 0.5) is 5.69 Å². The number of rotatable bonds is 7. The molecule has 0 fully saturated rings. The first kappa shape index (κ1) is 14.6. The number of unbranched alkanes of at least 4 members (excludes halogenated alkanes) is 1. The largest absolute Gasteiger partial charge is 0.462 e. The van der Waals surface area contributed by atoms with Gasteiger partial charge < -0.3 is 10.5 Å². The van der Waals surface area contributed by atoms with Gasteiger partial charge in [0.25, 0.3) is 0 Å². The van der Waals surface area contributed by atoms with Gasteiger partial charge in [-0.05, 0) is 36.6 Å². The van der Waals surface area contributed by atoms with Gasteiger partial charge in [-0.25, -0.2) is 4.79 Å². The molecule has 0 bridgehead atoms. The van der Waals surface area contributed by atoms with Crippen LogP contribution in [0.2, 0.25) is 0 Å². The maximum absolute atomic E-state index is 11.8. The van der Waals surface area contributed by atoms with Crippen molar-refractivity contribution >= 4 is 11.7 Å². The predicted octanol–water partition coefficient (Wildman–Crippen LogP) is 3.64. The number of hydrogen-bond donors (Lipinski definition) is 1. The Hall–Kier alpha value is -1.51. The van der Waals surface area contributed by atoms with E-state index in [0.29, 0.717) is 23.8 Å². The standard InChI is InChI=1S/C15H23NO2/c1-3-5-6-12(4-2)11-18-15(17)13-7-9-14(16)10-8-13/h7-10,12H,3-6,11,16H2,1-2H3. The molecule has 1 aromatic rings. The first-order valence-electron chi connectivity index (χ1n) is 6.70.